The van der Waals surface area contributed by atoms with E-state index in [2.05, 4.69) is 80.6 Å². The molecule has 25 heavy (non-hydrogen) atoms. The zero-order chi connectivity index (χ0) is 17.0. The monoisotopic (exact) mass is 323 g/mol. The summed E-state index contributed by atoms with van der Waals surface area (Å²) in [6.45, 7) is 4.73. The maximum Gasteiger partial charge on any atom is 0.0709 e. The molecule has 0 saturated carbocycles. The van der Waals surface area contributed by atoms with Crippen LogP contribution in [0.2, 0.25) is 0 Å². The lowest BCUT2D eigenvalue weighted by molar-refractivity contribution is 0.607. The van der Waals surface area contributed by atoms with Gasteiger partial charge in [-0.3, -0.25) is 0 Å². The number of benzene rings is 2. The van der Waals surface area contributed by atoms with Gasteiger partial charge in [-0.15, -0.1) is 0 Å². The predicted molar refractivity (Wildman–Crippen MR) is 105 cm³/mol. The minimum Gasteiger partial charge on any atom is -0.248 e. The Balaban J connectivity index is 1.66. The first kappa shape index (κ1) is 14.7. The Hall–Kier alpha value is -2.67. The van der Waals surface area contributed by atoms with Crippen LogP contribution >= 0.6 is 0 Å². The van der Waals surface area contributed by atoms with Crippen LogP contribution in [0.5, 0.6) is 0 Å². The van der Waals surface area contributed by atoms with Crippen LogP contribution in [-0.4, -0.2) is 4.98 Å². The summed E-state index contributed by atoms with van der Waals surface area (Å²) >= 11 is 0. The Kier molecular flexibility index (Phi) is 3.03. The third-order valence-electron chi connectivity index (χ3n) is 5.80. The van der Waals surface area contributed by atoms with Crippen molar-refractivity contribution >= 4 is 16.5 Å². The molecule has 2 aliphatic rings. The van der Waals surface area contributed by atoms with Crippen molar-refractivity contribution in [2.45, 2.75) is 32.1 Å². The molecular formula is C24H21N. The number of fused-ring (bicyclic) bond motifs is 3. The number of pyridine rings is 1. The second-order valence-corrected chi connectivity index (χ2v) is 7.61. The van der Waals surface area contributed by atoms with Crippen LogP contribution in [0.4, 0.5) is 0 Å². The highest BCUT2D eigenvalue weighted by Crippen LogP contribution is 2.50. The summed E-state index contributed by atoms with van der Waals surface area (Å²) in [5.41, 5.74) is 9.32. The highest BCUT2D eigenvalue weighted by atomic mass is 14.7. The molecule has 2 aromatic carbocycles. The number of aromatic nitrogens is 1. The van der Waals surface area contributed by atoms with Gasteiger partial charge in [0, 0.05) is 16.4 Å². The first-order chi connectivity index (χ1) is 12.1. The van der Waals surface area contributed by atoms with Crippen LogP contribution < -0.4 is 0 Å². The topological polar surface area (TPSA) is 12.9 Å². The average Bonchev–Trinajstić information content (AvgIpc) is 2.89. The largest absolute Gasteiger partial charge is 0.248 e. The summed E-state index contributed by atoms with van der Waals surface area (Å²) in [7, 11) is 0. The molecule has 1 aromatic heterocycles. The summed E-state index contributed by atoms with van der Waals surface area (Å²) in [6, 6.07) is 19.5. The molecule has 5 rings (SSSR count). The van der Waals surface area contributed by atoms with Crippen LogP contribution in [0.15, 0.2) is 72.3 Å². The van der Waals surface area contributed by atoms with Gasteiger partial charge in [0.1, 0.15) is 0 Å². The van der Waals surface area contributed by atoms with Crippen LogP contribution in [0, 0.1) is 0 Å². The van der Waals surface area contributed by atoms with E-state index in [1.54, 1.807) is 5.57 Å². The highest BCUT2D eigenvalue weighted by molar-refractivity contribution is 5.88. The van der Waals surface area contributed by atoms with Gasteiger partial charge in [-0.1, -0.05) is 68.0 Å². The van der Waals surface area contributed by atoms with E-state index < -0.39 is 0 Å². The SMILES string of the molecule is CC1(C)C2=C(C=CCC2)c2ccc(-c3ccc4ccccc4n3)cc21. The fourth-order valence-corrected chi connectivity index (χ4v) is 4.41. The number of rotatable bonds is 1. The van der Waals surface area contributed by atoms with Crippen LogP contribution in [-0.2, 0) is 5.41 Å². The van der Waals surface area contributed by atoms with Crippen molar-refractivity contribution in [1.82, 2.24) is 4.98 Å². The minimum atomic E-state index is 0.113. The number of hydrogen-bond donors (Lipinski definition) is 0. The van der Waals surface area contributed by atoms with Crippen LogP contribution in [0.25, 0.3) is 27.7 Å². The van der Waals surface area contributed by atoms with Gasteiger partial charge in [0.15, 0.2) is 0 Å². The Morgan fingerprint density at radius 1 is 0.960 bits per heavy atom. The summed E-state index contributed by atoms with van der Waals surface area (Å²) in [4.78, 5) is 4.88. The number of para-hydroxylation sites is 1. The third kappa shape index (κ3) is 2.12. The molecule has 122 valence electrons. The van der Waals surface area contributed by atoms with E-state index >= 15 is 0 Å². The molecule has 0 bridgehead atoms. The van der Waals surface area contributed by atoms with E-state index in [4.69, 9.17) is 4.98 Å². The second kappa shape index (κ2) is 5.16. The molecule has 0 unspecified atom stereocenters. The fraction of sp³-hybridized carbons (Fsp3) is 0.208. The fourth-order valence-electron chi connectivity index (χ4n) is 4.41. The molecule has 0 fully saturated rings. The van der Waals surface area contributed by atoms with Crippen LogP contribution in [0.1, 0.15) is 37.8 Å². The summed E-state index contributed by atoms with van der Waals surface area (Å²) in [5.74, 6) is 0. The molecule has 3 aromatic rings. The van der Waals surface area contributed by atoms with Gasteiger partial charge in [-0.2, -0.15) is 0 Å². The molecule has 0 spiro atoms. The van der Waals surface area contributed by atoms with Crippen molar-refractivity contribution in [2.75, 3.05) is 0 Å². The Labute approximate surface area is 148 Å². The van der Waals surface area contributed by atoms with Crippen LogP contribution in [0.3, 0.4) is 0 Å². The van der Waals surface area contributed by atoms with E-state index in [1.807, 2.05) is 0 Å². The van der Waals surface area contributed by atoms with Gasteiger partial charge in [-0.25, -0.2) is 4.98 Å². The number of allylic oxidation sites excluding steroid dienone is 4. The van der Waals surface area contributed by atoms with Crippen molar-refractivity contribution in [3.63, 3.8) is 0 Å². The maximum atomic E-state index is 4.88. The molecule has 1 heterocycles. The summed E-state index contributed by atoms with van der Waals surface area (Å²) in [6.07, 6.45) is 6.97. The number of hydrogen-bond acceptors (Lipinski definition) is 1. The molecule has 0 saturated heterocycles. The zero-order valence-corrected chi connectivity index (χ0v) is 14.7. The first-order valence-electron chi connectivity index (χ1n) is 9.06. The molecule has 2 aliphatic carbocycles. The standard InChI is InChI=1S/C24H21N/c1-24(2)20-9-5-4-8-18(20)19-13-11-17(15-21(19)24)23-14-12-16-7-3-6-10-22(16)25-23/h3-4,6-8,10-15H,5,9H2,1-2H3. The van der Waals surface area contributed by atoms with Crippen molar-refractivity contribution in [3.05, 3.63) is 83.4 Å². The number of nitrogens with zero attached hydrogens (tertiary/aromatic N) is 1. The Bertz CT molecular complexity index is 1070. The van der Waals surface area contributed by atoms with Gasteiger partial charge in [0.2, 0.25) is 0 Å². The lowest BCUT2D eigenvalue weighted by atomic mass is 9.78. The minimum absolute atomic E-state index is 0.113. The van der Waals surface area contributed by atoms with Crippen molar-refractivity contribution in [2.24, 2.45) is 0 Å². The van der Waals surface area contributed by atoms with E-state index in [9.17, 15) is 0 Å². The molecule has 1 nitrogen and oxygen atoms in total. The molecule has 0 N–H and O–H groups in total. The van der Waals surface area contributed by atoms with Crippen molar-refractivity contribution in [3.8, 4) is 11.3 Å². The van der Waals surface area contributed by atoms with Crippen molar-refractivity contribution in [1.29, 1.82) is 0 Å². The molecule has 0 atom stereocenters. The van der Waals surface area contributed by atoms with Crippen molar-refractivity contribution < 1.29 is 0 Å². The first-order valence-corrected chi connectivity index (χ1v) is 9.06. The normalized spacial score (nSPS) is 17.7. The maximum absolute atomic E-state index is 4.88. The van der Waals surface area contributed by atoms with Gasteiger partial charge in [-0.05, 0) is 47.7 Å². The van der Waals surface area contributed by atoms with Gasteiger partial charge < -0.3 is 0 Å². The second-order valence-electron chi connectivity index (χ2n) is 7.61. The molecular weight excluding hydrogens is 302 g/mol. The lowest BCUT2D eigenvalue weighted by Crippen LogP contribution is -2.17. The third-order valence-corrected chi connectivity index (χ3v) is 5.80. The van der Waals surface area contributed by atoms with E-state index in [1.165, 1.54) is 34.1 Å². The lowest BCUT2D eigenvalue weighted by Gasteiger charge is -2.26. The van der Waals surface area contributed by atoms with Gasteiger partial charge in [0.05, 0.1) is 11.2 Å². The molecule has 0 aliphatic heterocycles. The average molecular weight is 323 g/mol. The Morgan fingerprint density at radius 3 is 2.76 bits per heavy atom. The highest BCUT2D eigenvalue weighted by Gasteiger charge is 2.37. The smallest absolute Gasteiger partial charge is 0.0709 e. The summed E-state index contributed by atoms with van der Waals surface area (Å²) in [5, 5.41) is 1.19. The molecule has 0 radical (unpaired) electrons. The molecule has 0 amide bonds. The van der Waals surface area contributed by atoms with Gasteiger partial charge in [0.25, 0.3) is 0 Å². The quantitative estimate of drug-likeness (QED) is 0.512. The zero-order valence-electron chi connectivity index (χ0n) is 14.7. The summed E-state index contributed by atoms with van der Waals surface area (Å²) < 4.78 is 0. The van der Waals surface area contributed by atoms with E-state index in [0.29, 0.717) is 0 Å². The Morgan fingerprint density at radius 2 is 1.84 bits per heavy atom. The molecule has 1 heteroatoms. The van der Waals surface area contributed by atoms with Gasteiger partial charge >= 0.3 is 0 Å². The van der Waals surface area contributed by atoms with E-state index in [0.717, 1.165) is 17.6 Å². The predicted octanol–water partition coefficient (Wildman–Crippen LogP) is 6.30. The van der Waals surface area contributed by atoms with E-state index in [-0.39, 0.29) is 5.41 Å².